The van der Waals surface area contributed by atoms with E-state index in [1.54, 1.807) is 16.9 Å². The van der Waals surface area contributed by atoms with E-state index in [-0.39, 0.29) is 12.5 Å². The summed E-state index contributed by atoms with van der Waals surface area (Å²) < 4.78 is 6.47. The Balaban J connectivity index is 2.07. The van der Waals surface area contributed by atoms with Gasteiger partial charge in [-0.25, -0.2) is 4.68 Å². The zero-order valence-corrected chi connectivity index (χ0v) is 11.2. The number of carbonyl (C=O) groups excluding carboxylic acids is 1. The SMILES string of the molecule is COCC(=O)Nc1ccnn1Cc1ccc(Cl)cc1. The van der Waals surface area contributed by atoms with E-state index in [1.807, 2.05) is 24.3 Å². The van der Waals surface area contributed by atoms with E-state index in [2.05, 4.69) is 10.4 Å². The van der Waals surface area contributed by atoms with Crippen LogP contribution in [0.1, 0.15) is 5.56 Å². The molecule has 0 radical (unpaired) electrons. The average Bonchev–Trinajstić information content (AvgIpc) is 2.80. The molecule has 0 bridgehead atoms. The van der Waals surface area contributed by atoms with Gasteiger partial charge in [0.15, 0.2) is 0 Å². The van der Waals surface area contributed by atoms with Gasteiger partial charge in [-0.15, -0.1) is 0 Å². The summed E-state index contributed by atoms with van der Waals surface area (Å²) in [5.41, 5.74) is 1.05. The van der Waals surface area contributed by atoms with Crippen LogP contribution in [0, 0.1) is 0 Å². The number of ether oxygens (including phenoxy) is 1. The molecule has 5 nitrogen and oxygen atoms in total. The molecule has 0 saturated heterocycles. The Morgan fingerprint density at radius 3 is 2.79 bits per heavy atom. The number of carbonyl (C=O) groups is 1. The van der Waals surface area contributed by atoms with Crippen LogP contribution in [0.2, 0.25) is 5.02 Å². The number of hydrogen-bond acceptors (Lipinski definition) is 3. The van der Waals surface area contributed by atoms with Gasteiger partial charge in [-0.2, -0.15) is 5.10 Å². The summed E-state index contributed by atoms with van der Waals surface area (Å²) >= 11 is 5.84. The Kier molecular flexibility index (Phi) is 4.54. The third kappa shape index (κ3) is 3.81. The lowest BCUT2D eigenvalue weighted by Crippen LogP contribution is -2.20. The first-order valence-electron chi connectivity index (χ1n) is 5.74. The van der Waals surface area contributed by atoms with Crippen molar-refractivity contribution in [3.63, 3.8) is 0 Å². The minimum atomic E-state index is -0.208. The smallest absolute Gasteiger partial charge is 0.251 e. The molecule has 1 aromatic carbocycles. The van der Waals surface area contributed by atoms with Crippen molar-refractivity contribution in [3.8, 4) is 0 Å². The number of nitrogens with zero attached hydrogens (tertiary/aromatic N) is 2. The van der Waals surface area contributed by atoms with Crippen LogP contribution in [0.25, 0.3) is 0 Å². The number of hydrogen-bond donors (Lipinski definition) is 1. The third-order valence-corrected chi connectivity index (χ3v) is 2.76. The molecule has 19 heavy (non-hydrogen) atoms. The van der Waals surface area contributed by atoms with E-state index < -0.39 is 0 Å². The second-order valence-electron chi connectivity index (χ2n) is 3.98. The Morgan fingerprint density at radius 1 is 1.37 bits per heavy atom. The van der Waals surface area contributed by atoms with Crippen molar-refractivity contribution in [2.45, 2.75) is 6.54 Å². The molecular weight excluding hydrogens is 266 g/mol. The zero-order valence-electron chi connectivity index (χ0n) is 10.5. The van der Waals surface area contributed by atoms with E-state index in [1.165, 1.54) is 7.11 Å². The van der Waals surface area contributed by atoms with Crippen LogP contribution in [0.15, 0.2) is 36.5 Å². The summed E-state index contributed by atoms with van der Waals surface area (Å²) in [6.07, 6.45) is 1.64. The summed E-state index contributed by atoms with van der Waals surface area (Å²) in [7, 11) is 1.48. The second-order valence-corrected chi connectivity index (χ2v) is 4.42. The molecule has 100 valence electrons. The molecule has 6 heteroatoms. The first kappa shape index (κ1) is 13.6. The molecular formula is C13H14ClN3O2. The monoisotopic (exact) mass is 279 g/mol. The van der Waals surface area contributed by atoms with E-state index in [9.17, 15) is 4.79 Å². The van der Waals surface area contributed by atoms with Gasteiger partial charge >= 0.3 is 0 Å². The van der Waals surface area contributed by atoms with Gasteiger partial charge < -0.3 is 10.1 Å². The van der Waals surface area contributed by atoms with E-state index in [4.69, 9.17) is 16.3 Å². The molecule has 0 aliphatic carbocycles. The van der Waals surface area contributed by atoms with Crippen LogP contribution >= 0.6 is 11.6 Å². The van der Waals surface area contributed by atoms with Crippen molar-refractivity contribution >= 4 is 23.3 Å². The van der Waals surface area contributed by atoms with Gasteiger partial charge in [0.25, 0.3) is 5.91 Å². The third-order valence-electron chi connectivity index (χ3n) is 2.51. The fourth-order valence-corrected chi connectivity index (χ4v) is 1.76. The molecule has 0 aliphatic rings. The number of nitrogens with one attached hydrogen (secondary N) is 1. The molecule has 1 aromatic heterocycles. The van der Waals surface area contributed by atoms with Gasteiger partial charge in [0.05, 0.1) is 12.7 Å². The number of amides is 1. The van der Waals surface area contributed by atoms with Gasteiger partial charge in [-0.3, -0.25) is 4.79 Å². The zero-order chi connectivity index (χ0) is 13.7. The molecule has 0 saturated carbocycles. The maximum Gasteiger partial charge on any atom is 0.251 e. The molecule has 0 unspecified atom stereocenters. The molecule has 0 atom stereocenters. The van der Waals surface area contributed by atoms with Crippen molar-refractivity contribution in [3.05, 3.63) is 47.1 Å². The highest BCUT2D eigenvalue weighted by molar-refractivity contribution is 6.30. The van der Waals surface area contributed by atoms with Crippen molar-refractivity contribution in [1.29, 1.82) is 0 Å². The van der Waals surface area contributed by atoms with Crippen LogP contribution in [0.5, 0.6) is 0 Å². The Labute approximate surface area is 116 Å². The van der Waals surface area contributed by atoms with Crippen molar-refractivity contribution in [1.82, 2.24) is 9.78 Å². The van der Waals surface area contributed by atoms with Gasteiger partial charge in [0.2, 0.25) is 0 Å². The quantitative estimate of drug-likeness (QED) is 0.913. The molecule has 1 amide bonds. The Morgan fingerprint density at radius 2 is 2.11 bits per heavy atom. The number of benzene rings is 1. The number of rotatable bonds is 5. The largest absolute Gasteiger partial charge is 0.375 e. The maximum atomic E-state index is 11.5. The molecule has 0 fully saturated rings. The predicted molar refractivity (Wildman–Crippen MR) is 73.3 cm³/mol. The summed E-state index contributed by atoms with van der Waals surface area (Å²) in [6, 6.07) is 9.23. The fourth-order valence-electron chi connectivity index (χ4n) is 1.64. The molecule has 0 aliphatic heterocycles. The molecule has 1 N–H and O–H groups in total. The minimum Gasteiger partial charge on any atom is -0.375 e. The molecule has 2 aromatic rings. The molecule has 1 heterocycles. The van der Waals surface area contributed by atoms with Crippen LogP contribution in [0.4, 0.5) is 5.82 Å². The lowest BCUT2D eigenvalue weighted by atomic mass is 10.2. The summed E-state index contributed by atoms with van der Waals surface area (Å²) in [4.78, 5) is 11.5. The van der Waals surface area contributed by atoms with Gasteiger partial charge in [0.1, 0.15) is 12.4 Å². The highest BCUT2D eigenvalue weighted by Gasteiger charge is 2.07. The number of halogens is 1. The normalized spacial score (nSPS) is 10.4. The Bertz CT molecular complexity index is 551. The van der Waals surface area contributed by atoms with Gasteiger partial charge in [-0.1, -0.05) is 23.7 Å². The first-order chi connectivity index (χ1) is 9.19. The van der Waals surface area contributed by atoms with Gasteiger partial charge in [-0.05, 0) is 17.7 Å². The van der Waals surface area contributed by atoms with Gasteiger partial charge in [0, 0.05) is 18.2 Å². The lowest BCUT2D eigenvalue weighted by molar-refractivity contribution is -0.119. The average molecular weight is 280 g/mol. The van der Waals surface area contributed by atoms with Crippen molar-refractivity contribution in [2.24, 2.45) is 0 Å². The van der Waals surface area contributed by atoms with E-state index in [0.717, 1.165) is 5.56 Å². The van der Waals surface area contributed by atoms with Crippen LogP contribution in [-0.2, 0) is 16.1 Å². The standard InChI is InChI=1S/C13H14ClN3O2/c1-19-9-13(18)16-12-6-7-15-17(12)8-10-2-4-11(14)5-3-10/h2-7H,8-9H2,1H3,(H,16,18). The predicted octanol–water partition coefficient (Wildman–Crippen LogP) is 2.17. The van der Waals surface area contributed by atoms with Crippen LogP contribution < -0.4 is 5.32 Å². The summed E-state index contributed by atoms with van der Waals surface area (Å²) in [6.45, 7) is 0.582. The van der Waals surface area contributed by atoms with Crippen LogP contribution in [-0.4, -0.2) is 29.4 Å². The molecule has 2 rings (SSSR count). The molecule has 0 spiro atoms. The van der Waals surface area contributed by atoms with Crippen molar-refractivity contribution in [2.75, 3.05) is 19.0 Å². The highest BCUT2D eigenvalue weighted by Crippen LogP contribution is 2.13. The topological polar surface area (TPSA) is 56.1 Å². The van der Waals surface area contributed by atoms with Crippen molar-refractivity contribution < 1.29 is 9.53 Å². The Hall–Kier alpha value is -1.85. The lowest BCUT2D eigenvalue weighted by Gasteiger charge is -2.08. The maximum absolute atomic E-state index is 11.5. The minimum absolute atomic E-state index is 0.0200. The second kappa shape index (κ2) is 6.36. The fraction of sp³-hybridized carbons (Fsp3) is 0.231. The first-order valence-corrected chi connectivity index (χ1v) is 6.12. The number of anilines is 1. The van der Waals surface area contributed by atoms with Crippen LogP contribution in [0.3, 0.4) is 0 Å². The summed E-state index contributed by atoms with van der Waals surface area (Å²) in [5.74, 6) is 0.428. The van der Waals surface area contributed by atoms with E-state index >= 15 is 0 Å². The highest BCUT2D eigenvalue weighted by atomic mass is 35.5. The number of methoxy groups -OCH3 is 1. The number of aromatic nitrogens is 2. The van der Waals surface area contributed by atoms with E-state index in [0.29, 0.717) is 17.4 Å². The summed E-state index contributed by atoms with van der Waals surface area (Å²) in [5, 5.41) is 7.60.